The van der Waals surface area contributed by atoms with Gasteiger partial charge in [0.05, 0.1) is 10.5 Å². The molecule has 1 aliphatic heterocycles. The lowest BCUT2D eigenvalue weighted by Gasteiger charge is -2.18. The highest BCUT2D eigenvalue weighted by Gasteiger charge is 2.33. The zero-order valence-electron chi connectivity index (χ0n) is 11.2. The van der Waals surface area contributed by atoms with Crippen LogP contribution in [0.3, 0.4) is 0 Å². The topological polar surface area (TPSA) is 67.2 Å². The van der Waals surface area contributed by atoms with Gasteiger partial charge in [-0.25, -0.2) is 0 Å². The van der Waals surface area contributed by atoms with Gasteiger partial charge < -0.3 is 10.6 Å². The number of hydrogen-bond acceptors (Lipinski definition) is 4. The normalized spacial score (nSPS) is 19.9. The van der Waals surface area contributed by atoms with E-state index >= 15 is 0 Å². The van der Waals surface area contributed by atoms with E-state index in [1.165, 1.54) is 0 Å². The third kappa shape index (κ3) is 4.07. The lowest BCUT2D eigenvalue weighted by atomic mass is 10.1. The summed E-state index contributed by atoms with van der Waals surface area (Å²) in [6.07, 6.45) is -1.77. The van der Waals surface area contributed by atoms with Crippen LogP contribution >= 0.6 is 0 Å². The van der Waals surface area contributed by atoms with Gasteiger partial charge in [-0.3, -0.25) is 10.1 Å². The summed E-state index contributed by atoms with van der Waals surface area (Å²) in [6.45, 7) is 1.52. The average Bonchev–Trinajstić information content (AvgIpc) is 2.66. The summed E-state index contributed by atoms with van der Waals surface area (Å²) in [5.74, 6) is 0. The second kappa shape index (κ2) is 6.30. The number of nitro benzene ring substituents is 1. The first-order valence-corrected chi connectivity index (χ1v) is 6.71. The van der Waals surface area contributed by atoms with Crippen LogP contribution in [0.1, 0.15) is 24.8 Å². The maximum atomic E-state index is 12.6. The smallest absolute Gasteiger partial charge is 0.375 e. The van der Waals surface area contributed by atoms with Crippen LogP contribution in [0.5, 0.6) is 0 Å². The molecule has 2 N–H and O–H groups in total. The quantitative estimate of drug-likeness (QED) is 0.665. The lowest BCUT2D eigenvalue weighted by Crippen LogP contribution is -2.31. The Bertz CT molecular complexity index is 512. The number of rotatable bonds is 3. The van der Waals surface area contributed by atoms with Crippen molar-refractivity contribution in [1.29, 1.82) is 0 Å². The van der Waals surface area contributed by atoms with Crippen molar-refractivity contribution in [3.63, 3.8) is 0 Å². The third-order valence-corrected chi connectivity index (χ3v) is 3.43. The molecule has 5 nitrogen and oxygen atoms in total. The number of hydrogen-bond donors (Lipinski definition) is 2. The molecule has 1 fully saturated rings. The summed E-state index contributed by atoms with van der Waals surface area (Å²) < 4.78 is 37.9. The fourth-order valence-corrected chi connectivity index (χ4v) is 2.34. The Morgan fingerprint density at radius 3 is 2.76 bits per heavy atom. The number of nitrogens with one attached hydrogen (secondary N) is 2. The molecule has 8 heteroatoms. The molecule has 1 unspecified atom stereocenters. The van der Waals surface area contributed by atoms with Crippen molar-refractivity contribution in [1.82, 2.24) is 5.32 Å². The second-order valence-corrected chi connectivity index (χ2v) is 5.03. The molecule has 0 saturated carbocycles. The lowest BCUT2D eigenvalue weighted by molar-refractivity contribution is -0.384. The highest BCUT2D eigenvalue weighted by molar-refractivity contribution is 5.63. The van der Waals surface area contributed by atoms with Crippen LogP contribution in [0.15, 0.2) is 18.2 Å². The van der Waals surface area contributed by atoms with E-state index in [-0.39, 0.29) is 11.7 Å². The molecule has 0 bridgehead atoms. The third-order valence-electron chi connectivity index (χ3n) is 3.43. The van der Waals surface area contributed by atoms with Crippen molar-refractivity contribution in [3.8, 4) is 0 Å². The Kier molecular flexibility index (Phi) is 4.66. The molecule has 0 aliphatic carbocycles. The van der Waals surface area contributed by atoms with E-state index in [9.17, 15) is 23.3 Å². The van der Waals surface area contributed by atoms with Crippen LogP contribution in [0, 0.1) is 10.1 Å². The van der Waals surface area contributed by atoms with E-state index in [2.05, 4.69) is 10.6 Å². The zero-order chi connectivity index (χ0) is 15.5. The van der Waals surface area contributed by atoms with Gasteiger partial charge >= 0.3 is 6.18 Å². The first kappa shape index (κ1) is 15.6. The molecule has 1 saturated heterocycles. The Hall–Kier alpha value is -1.83. The van der Waals surface area contributed by atoms with Gasteiger partial charge in [0.15, 0.2) is 0 Å². The van der Waals surface area contributed by atoms with Crippen LogP contribution in [0.4, 0.5) is 24.5 Å². The van der Waals surface area contributed by atoms with Gasteiger partial charge in [-0.15, -0.1) is 0 Å². The molecule has 21 heavy (non-hydrogen) atoms. The van der Waals surface area contributed by atoms with Crippen molar-refractivity contribution in [2.24, 2.45) is 0 Å². The van der Waals surface area contributed by atoms with E-state index in [1.807, 2.05) is 0 Å². The van der Waals surface area contributed by atoms with Gasteiger partial charge in [-0.1, -0.05) is 6.42 Å². The summed E-state index contributed by atoms with van der Waals surface area (Å²) >= 11 is 0. The van der Waals surface area contributed by atoms with E-state index in [0.29, 0.717) is 12.6 Å². The van der Waals surface area contributed by atoms with Crippen LogP contribution < -0.4 is 10.6 Å². The van der Waals surface area contributed by atoms with Gasteiger partial charge in [-0.2, -0.15) is 13.2 Å². The van der Waals surface area contributed by atoms with Crippen LogP contribution in [-0.4, -0.2) is 24.1 Å². The standard InChI is InChI=1S/C13H16F3N3O2/c14-13(15,16)9-4-5-11(12(7-9)19(20)21)18-10-3-1-2-6-17-8-10/h4-5,7,10,17-18H,1-3,6,8H2. The number of nitro groups is 1. The number of anilines is 1. The first-order chi connectivity index (χ1) is 9.88. The van der Waals surface area contributed by atoms with E-state index in [4.69, 9.17) is 0 Å². The van der Waals surface area contributed by atoms with Crippen molar-refractivity contribution < 1.29 is 18.1 Å². The molecule has 1 aliphatic rings. The van der Waals surface area contributed by atoms with Gasteiger partial charge in [0.1, 0.15) is 5.69 Å². The van der Waals surface area contributed by atoms with Gasteiger partial charge in [-0.05, 0) is 31.5 Å². The summed E-state index contributed by atoms with van der Waals surface area (Å²) in [7, 11) is 0. The highest BCUT2D eigenvalue weighted by Crippen LogP contribution is 2.35. The summed E-state index contributed by atoms with van der Waals surface area (Å²) in [5.41, 5.74) is -1.44. The van der Waals surface area contributed by atoms with E-state index < -0.39 is 22.4 Å². The molecule has 116 valence electrons. The number of benzene rings is 1. The molecular formula is C13H16F3N3O2. The van der Waals surface area contributed by atoms with Crippen LogP contribution in [0.25, 0.3) is 0 Å². The SMILES string of the molecule is O=[N+]([O-])c1cc(C(F)(F)F)ccc1NC1CCCCNC1. The van der Waals surface area contributed by atoms with Crippen molar-refractivity contribution in [2.45, 2.75) is 31.5 Å². The zero-order valence-corrected chi connectivity index (χ0v) is 11.2. The molecular weight excluding hydrogens is 287 g/mol. The minimum absolute atomic E-state index is 0.0251. The van der Waals surface area contributed by atoms with Gasteiger partial charge in [0.25, 0.3) is 5.69 Å². The monoisotopic (exact) mass is 303 g/mol. The van der Waals surface area contributed by atoms with Crippen LogP contribution in [0.2, 0.25) is 0 Å². The number of alkyl halides is 3. The molecule has 1 heterocycles. The molecule has 0 radical (unpaired) electrons. The molecule has 0 amide bonds. The summed E-state index contributed by atoms with van der Waals surface area (Å²) in [6, 6.07) is 2.54. The summed E-state index contributed by atoms with van der Waals surface area (Å²) in [5, 5.41) is 17.2. The van der Waals surface area contributed by atoms with E-state index in [1.54, 1.807) is 0 Å². The molecule has 1 atom stereocenters. The Balaban J connectivity index is 2.24. The molecule has 0 aromatic heterocycles. The fourth-order valence-electron chi connectivity index (χ4n) is 2.34. The minimum atomic E-state index is -4.59. The van der Waals surface area contributed by atoms with Gasteiger partial charge in [0, 0.05) is 18.7 Å². The maximum Gasteiger partial charge on any atom is 0.416 e. The molecule has 1 aromatic carbocycles. The summed E-state index contributed by atoms with van der Waals surface area (Å²) in [4.78, 5) is 10.2. The predicted molar refractivity (Wildman–Crippen MR) is 72.2 cm³/mol. The number of nitrogens with zero attached hydrogens (tertiary/aromatic N) is 1. The average molecular weight is 303 g/mol. The maximum absolute atomic E-state index is 12.6. The number of halogens is 3. The predicted octanol–water partition coefficient (Wildman–Crippen LogP) is 3.17. The van der Waals surface area contributed by atoms with Gasteiger partial charge in [0.2, 0.25) is 0 Å². The van der Waals surface area contributed by atoms with E-state index in [0.717, 1.165) is 37.9 Å². The second-order valence-electron chi connectivity index (χ2n) is 5.03. The Morgan fingerprint density at radius 1 is 1.33 bits per heavy atom. The first-order valence-electron chi connectivity index (χ1n) is 6.71. The van der Waals surface area contributed by atoms with Crippen LogP contribution in [-0.2, 0) is 6.18 Å². The largest absolute Gasteiger partial charge is 0.416 e. The minimum Gasteiger partial charge on any atom is -0.375 e. The Labute approximate surface area is 119 Å². The fraction of sp³-hybridized carbons (Fsp3) is 0.538. The van der Waals surface area contributed by atoms with Crippen molar-refractivity contribution in [2.75, 3.05) is 18.4 Å². The molecule has 2 rings (SSSR count). The molecule has 1 aromatic rings. The molecule has 0 spiro atoms. The van der Waals surface area contributed by atoms with Crippen molar-refractivity contribution in [3.05, 3.63) is 33.9 Å². The Morgan fingerprint density at radius 2 is 2.10 bits per heavy atom. The highest BCUT2D eigenvalue weighted by atomic mass is 19.4. The van der Waals surface area contributed by atoms with Crippen molar-refractivity contribution >= 4 is 11.4 Å².